The smallest absolute Gasteiger partial charge is 0.277 e. The number of hydrazone groups is 1. The molecule has 0 fully saturated rings. The lowest BCUT2D eigenvalue weighted by molar-refractivity contribution is -0.123. The summed E-state index contributed by atoms with van der Waals surface area (Å²) in [6.45, 7) is 3.79. The molecule has 2 rings (SSSR count). The van der Waals surface area contributed by atoms with E-state index in [4.69, 9.17) is 4.74 Å². The average molecular weight is 297 g/mol. The van der Waals surface area contributed by atoms with Crippen LogP contribution in [0.5, 0.6) is 5.75 Å². The van der Waals surface area contributed by atoms with Crippen LogP contribution in [0.25, 0.3) is 0 Å². The Kier molecular flexibility index (Phi) is 5.65. The maximum Gasteiger partial charge on any atom is 0.277 e. The molecule has 0 bridgehead atoms. The number of amides is 1. The SMILES string of the molecule is CCc1ccc(OCC(=O)N/N=C(\C)c2ccccn2)cc1. The molecule has 114 valence electrons. The molecule has 1 amide bonds. The number of carbonyl (C=O) groups is 1. The van der Waals surface area contributed by atoms with Gasteiger partial charge in [-0.05, 0) is 43.2 Å². The molecule has 0 unspecified atom stereocenters. The Labute approximate surface area is 130 Å². The van der Waals surface area contributed by atoms with Crippen LogP contribution in [0.15, 0.2) is 53.8 Å². The molecule has 5 heteroatoms. The molecule has 0 aliphatic heterocycles. The minimum atomic E-state index is -0.310. The van der Waals surface area contributed by atoms with E-state index in [2.05, 4.69) is 22.4 Å². The first-order chi connectivity index (χ1) is 10.7. The highest BCUT2D eigenvalue weighted by Crippen LogP contribution is 2.12. The molecule has 0 aliphatic carbocycles. The van der Waals surface area contributed by atoms with Crippen LogP contribution in [0.3, 0.4) is 0 Å². The van der Waals surface area contributed by atoms with Gasteiger partial charge in [-0.15, -0.1) is 0 Å². The van der Waals surface area contributed by atoms with Gasteiger partial charge in [-0.25, -0.2) is 5.43 Å². The Hall–Kier alpha value is -2.69. The fourth-order valence-electron chi connectivity index (χ4n) is 1.78. The molecule has 1 aromatic heterocycles. The Bertz CT molecular complexity index is 637. The van der Waals surface area contributed by atoms with E-state index in [-0.39, 0.29) is 12.5 Å². The van der Waals surface area contributed by atoms with Crippen LogP contribution in [0.1, 0.15) is 25.1 Å². The van der Waals surface area contributed by atoms with Gasteiger partial charge in [-0.2, -0.15) is 5.10 Å². The normalized spacial score (nSPS) is 11.1. The summed E-state index contributed by atoms with van der Waals surface area (Å²) in [6, 6.07) is 13.2. The monoisotopic (exact) mass is 297 g/mol. The molecule has 1 N–H and O–H groups in total. The van der Waals surface area contributed by atoms with Crippen molar-refractivity contribution >= 4 is 11.6 Å². The number of benzene rings is 1. The molecule has 1 aromatic carbocycles. The number of carbonyl (C=O) groups excluding carboxylic acids is 1. The third-order valence-electron chi connectivity index (χ3n) is 3.09. The second-order valence-electron chi connectivity index (χ2n) is 4.73. The number of nitrogens with one attached hydrogen (secondary N) is 1. The maximum absolute atomic E-state index is 11.7. The maximum atomic E-state index is 11.7. The van der Waals surface area contributed by atoms with Crippen molar-refractivity contribution in [3.05, 3.63) is 59.9 Å². The quantitative estimate of drug-likeness (QED) is 0.658. The number of ether oxygens (including phenoxy) is 1. The fourth-order valence-corrected chi connectivity index (χ4v) is 1.78. The Morgan fingerprint density at radius 2 is 2.00 bits per heavy atom. The summed E-state index contributed by atoms with van der Waals surface area (Å²) in [5.41, 5.74) is 5.05. The fraction of sp³-hybridized carbons (Fsp3) is 0.235. The Morgan fingerprint density at radius 1 is 1.23 bits per heavy atom. The standard InChI is InChI=1S/C17H19N3O2/c1-3-14-7-9-15(10-8-14)22-12-17(21)20-19-13(2)16-6-4-5-11-18-16/h4-11H,3,12H2,1-2H3,(H,20,21)/b19-13+. The van der Waals surface area contributed by atoms with Crippen LogP contribution >= 0.6 is 0 Å². The van der Waals surface area contributed by atoms with Gasteiger partial charge in [0, 0.05) is 6.20 Å². The van der Waals surface area contributed by atoms with Crippen LogP contribution in [0.4, 0.5) is 0 Å². The van der Waals surface area contributed by atoms with Crippen molar-refractivity contribution in [2.24, 2.45) is 5.10 Å². The van der Waals surface area contributed by atoms with Gasteiger partial charge in [-0.3, -0.25) is 9.78 Å². The van der Waals surface area contributed by atoms with Crippen molar-refractivity contribution in [3.63, 3.8) is 0 Å². The van der Waals surface area contributed by atoms with Gasteiger partial charge in [0.05, 0.1) is 11.4 Å². The second-order valence-corrected chi connectivity index (χ2v) is 4.73. The predicted molar refractivity (Wildman–Crippen MR) is 85.9 cm³/mol. The van der Waals surface area contributed by atoms with Gasteiger partial charge in [0.25, 0.3) is 5.91 Å². The summed E-state index contributed by atoms with van der Waals surface area (Å²) in [5, 5.41) is 4.01. The summed E-state index contributed by atoms with van der Waals surface area (Å²) in [5.74, 6) is 0.354. The zero-order valence-electron chi connectivity index (χ0n) is 12.7. The third kappa shape index (κ3) is 4.70. The van der Waals surface area contributed by atoms with Gasteiger partial charge in [-0.1, -0.05) is 25.1 Å². The predicted octanol–water partition coefficient (Wildman–Crippen LogP) is 2.56. The van der Waals surface area contributed by atoms with Crippen molar-refractivity contribution < 1.29 is 9.53 Å². The number of aryl methyl sites for hydroxylation is 1. The van der Waals surface area contributed by atoms with E-state index in [1.165, 1.54) is 5.56 Å². The first-order valence-corrected chi connectivity index (χ1v) is 7.15. The largest absolute Gasteiger partial charge is 0.484 e. The Balaban J connectivity index is 1.82. The molecule has 0 aliphatic rings. The van der Waals surface area contributed by atoms with E-state index in [1.54, 1.807) is 13.1 Å². The van der Waals surface area contributed by atoms with Crippen LogP contribution in [-0.2, 0) is 11.2 Å². The number of aromatic nitrogens is 1. The number of hydrogen-bond acceptors (Lipinski definition) is 4. The lowest BCUT2D eigenvalue weighted by atomic mass is 10.2. The average Bonchev–Trinajstić information content (AvgIpc) is 2.59. The van der Waals surface area contributed by atoms with Gasteiger partial charge in [0.1, 0.15) is 5.75 Å². The summed E-state index contributed by atoms with van der Waals surface area (Å²) in [6.07, 6.45) is 2.65. The highest BCUT2D eigenvalue weighted by atomic mass is 16.5. The number of rotatable bonds is 6. The lowest BCUT2D eigenvalue weighted by Crippen LogP contribution is -2.25. The molecule has 5 nitrogen and oxygen atoms in total. The van der Waals surface area contributed by atoms with E-state index in [0.29, 0.717) is 11.5 Å². The van der Waals surface area contributed by atoms with Crippen LogP contribution < -0.4 is 10.2 Å². The van der Waals surface area contributed by atoms with E-state index in [9.17, 15) is 4.79 Å². The summed E-state index contributed by atoms with van der Waals surface area (Å²) < 4.78 is 5.41. The molecule has 0 saturated heterocycles. The minimum absolute atomic E-state index is 0.0789. The highest BCUT2D eigenvalue weighted by Gasteiger charge is 2.03. The zero-order valence-corrected chi connectivity index (χ0v) is 12.7. The molecule has 0 radical (unpaired) electrons. The number of hydrogen-bond donors (Lipinski definition) is 1. The van der Waals surface area contributed by atoms with Gasteiger partial charge in [0.2, 0.25) is 0 Å². The van der Waals surface area contributed by atoms with Crippen molar-refractivity contribution in [1.82, 2.24) is 10.4 Å². The van der Waals surface area contributed by atoms with E-state index < -0.39 is 0 Å². The van der Waals surface area contributed by atoms with Crippen molar-refractivity contribution in [3.8, 4) is 5.75 Å². The van der Waals surface area contributed by atoms with Crippen LogP contribution in [0, 0.1) is 0 Å². The van der Waals surface area contributed by atoms with Crippen LogP contribution in [0.2, 0.25) is 0 Å². The van der Waals surface area contributed by atoms with Gasteiger partial charge < -0.3 is 4.74 Å². The highest BCUT2D eigenvalue weighted by molar-refractivity contribution is 5.97. The number of pyridine rings is 1. The molecular formula is C17H19N3O2. The topological polar surface area (TPSA) is 63.6 Å². The zero-order chi connectivity index (χ0) is 15.8. The van der Waals surface area contributed by atoms with Crippen molar-refractivity contribution in [2.45, 2.75) is 20.3 Å². The van der Waals surface area contributed by atoms with Gasteiger partial charge >= 0.3 is 0 Å². The summed E-state index contributed by atoms with van der Waals surface area (Å²) in [4.78, 5) is 15.9. The summed E-state index contributed by atoms with van der Waals surface area (Å²) >= 11 is 0. The number of nitrogens with zero attached hydrogens (tertiary/aromatic N) is 2. The van der Waals surface area contributed by atoms with E-state index in [1.807, 2.05) is 42.5 Å². The minimum Gasteiger partial charge on any atom is -0.484 e. The van der Waals surface area contributed by atoms with Crippen molar-refractivity contribution in [2.75, 3.05) is 6.61 Å². The third-order valence-corrected chi connectivity index (χ3v) is 3.09. The molecule has 22 heavy (non-hydrogen) atoms. The van der Waals surface area contributed by atoms with Crippen molar-refractivity contribution in [1.29, 1.82) is 0 Å². The van der Waals surface area contributed by atoms with E-state index >= 15 is 0 Å². The first-order valence-electron chi connectivity index (χ1n) is 7.15. The summed E-state index contributed by atoms with van der Waals surface area (Å²) in [7, 11) is 0. The lowest BCUT2D eigenvalue weighted by Gasteiger charge is -2.06. The van der Waals surface area contributed by atoms with Crippen LogP contribution in [-0.4, -0.2) is 23.2 Å². The Morgan fingerprint density at radius 3 is 2.64 bits per heavy atom. The van der Waals surface area contributed by atoms with Gasteiger partial charge in [0.15, 0.2) is 6.61 Å². The molecule has 0 saturated carbocycles. The first kappa shape index (κ1) is 15.7. The molecule has 1 heterocycles. The molecule has 2 aromatic rings. The van der Waals surface area contributed by atoms with E-state index in [0.717, 1.165) is 12.1 Å². The molecular weight excluding hydrogens is 278 g/mol. The second kappa shape index (κ2) is 7.93. The molecule has 0 atom stereocenters. The molecule has 0 spiro atoms.